The van der Waals surface area contributed by atoms with Crippen LogP contribution in [0.3, 0.4) is 0 Å². The van der Waals surface area contributed by atoms with Crippen LogP contribution in [-0.2, 0) is 15.1 Å². The zero-order valence-corrected chi connectivity index (χ0v) is 16.4. The van der Waals surface area contributed by atoms with Crippen molar-refractivity contribution in [2.75, 3.05) is 5.75 Å². The first kappa shape index (κ1) is 18.5. The molecule has 2 aromatic heterocycles. The molecule has 8 heteroatoms. The van der Waals surface area contributed by atoms with Crippen LogP contribution in [0, 0.1) is 12.4 Å². The first-order valence-corrected chi connectivity index (χ1v) is 10.6. The summed E-state index contributed by atoms with van der Waals surface area (Å²) >= 11 is 1.28. The lowest BCUT2D eigenvalue weighted by Crippen LogP contribution is -2.55. The van der Waals surface area contributed by atoms with Crippen LogP contribution in [0.1, 0.15) is 26.5 Å². The predicted molar refractivity (Wildman–Crippen MR) is 107 cm³/mol. The molecule has 0 saturated heterocycles. The number of nitrogens with zero attached hydrogens (tertiary/aromatic N) is 3. The SMILES string of the molecule is [C-]#[N+]c1ccc(-c2ccc(F)c([C@]3(C)CS(=C)(=O)C(C)(C)C(N)=N3)n2)s1. The van der Waals surface area contributed by atoms with E-state index in [-0.39, 0.29) is 17.3 Å². The van der Waals surface area contributed by atoms with Crippen molar-refractivity contribution in [1.29, 1.82) is 0 Å². The lowest BCUT2D eigenvalue weighted by molar-refractivity contribution is 0.476. The van der Waals surface area contributed by atoms with Crippen molar-refractivity contribution < 1.29 is 8.60 Å². The molecule has 136 valence electrons. The lowest BCUT2D eigenvalue weighted by Gasteiger charge is -2.40. The van der Waals surface area contributed by atoms with Gasteiger partial charge in [0.25, 0.3) is 0 Å². The highest BCUT2D eigenvalue weighted by Gasteiger charge is 2.46. The van der Waals surface area contributed by atoms with E-state index < -0.39 is 25.6 Å². The molecule has 0 radical (unpaired) electrons. The number of halogens is 1. The van der Waals surface area contributed by atoms with Gasteiger partial charge in [0, 0.05) is 10.6 Å². The molecule has 0 spiro atoms. The number of aliphatic imine (C=N–C) groups is 1. The Hall–Kier alpha value is -2.24. The zero-order chi connectivity index (χ0) is 19.3. The number of nitrogens with two attached hydrogens (primary N) is 1. The Morgan fingerprint density at radius 3 is 2.62 bits per heavy atom. The molecule has 2 N–H and O–H groups in total. The standard InChI is InChI=1S/C18H19FN4OS2/c1-17(2)16(20)23-18(3,10-26(17,5)24)15-11(19)6-7-12(22-15)13-8-9-14(21-4)25-13/h6-9H,5,10H2,1-3H3,(H2,20,23)/t18-,26?/m0/s1. The Bertz CT molecular complexity index is 1060. The van der Waals surface area contributed by atoms with E-state index in [4.69, 9.17) is 12.3 Å². The van der Waals surface area contributed by atoms with Gasteiger partial charge in [-0.25, -0.2) is 14.2 Å². The summed E-state index contributed by atoms with van der Waals surface area (Å²) in [5, 5.41) is 0.529. The van der Waals surface area contributed by atoms with Crippen molar-refractivity contribution in [3.05, 3.63) is 47.2 Å². The van der Waals surface area contributed by atoms with Crippen LogP contribution < -0.4 is 5.73 Å². The highest BCUT2D eigenvalue weighted by molar-refractivity contribution is 8.02. The van der Waals surface area contributed by atoms with E-state index in [0.717, 1.165) is 4.88 Å². The molecule has 26 heavy (non-hydrogen) atoms. The Morgan fingerprint density at radius 1 is 1.35 bits per heavy atom. The Morgan fingerprint density at radius 2 is 2.04 bits per heavy atom. The van der Waals surface area contributed by atoms with Crippen molar-refractivity contribution in [2.24, 2.45) is 10.7 Å². The smallest absolute Gasteiger partial charge is 0.241 e. The van der Waals surface area contributed by atoms with Crippen LogP contribution in [-0.4, -0.2) is 31.4 Å². The fourth-order valence-corrected chi connectivity index (χ4v) is 5.52. The number of hydrogen-bond acceptors (Lipinski definition) is 5. The highest BCUT2D eigenvalue weighted by atomic mass is 32.2. The highest BCUT2D eigenvalue weighted by Crippen LogP contribution is 2.39. The molecule has 1 aliphatic heterocycles. The van der Waals surface area contributed by atoms with Crippen molar-refractivity contribution >= 4 is 37.6 Å². The third kappa shape index (κ3) is 2.81. The Kier molecular flexibility index (Phi) is 4.20. The van der Waals surface area contributed by atoms with Gasteiger partial charge in [-0.1, -0.05) is 6.07 Å². The predicted octanol–water partition coefficient (Wildman–Crippen LogP) is 3.58. The third-order valence-corrected chi connectivity index (χ3v) is 8.84. The zero-order valence-electron chi connectivity index (χ0n) is 14.7. The second kappa shape index (κ2) is 5.89. The maximum absolute atomic E-state index is 14.6. The second-order valence-electron chi connectivity index (χ2n) is 7.01. The van der Waals surface area contributed by atoms with E-state index in [1.54, 1.807) is 39.0 Å². The number of amidine groups is 1. The van der Waals surface area contributed by atoms with Crippen LogP contribution in [0.25, 0.3) is 15.4 Å². The molecule has 2 aromatic rings. The summed E-state index contributed by atoms with van der Waals surface area (Å²) in [6.07, 6.45) is 0. The van der Waals surface area contributed by atoms with Gasteiger partial charge in [-0.3, -0.25) is 9.20 Å². The first-order valence-electron chi connectivity index (χ1n) is 7.85. The molecule has 0 aromatic carbocycles. The van der Waals surface area contributed by atoms with Gasteiger partial charge in [0.1, 0.15) is 22.9 Å². The summed E-state index contributed by atoms with van der Waals surface area (Å²) in [5.74, 6) is 3.57. The summed E-state index contributed by atoms with van der Waals surface area (Å²) in [7, 11) is -2.66. The summed E-state index contributed by atoms with van der Waals surface area (Å²) in [6.45, 7) is 12.2. The van der Waals surface area contributed by atoms with E-state index in [1.165, 1.54) is 17.4 Å². The van der Waals surface area contributed by atoms with Gasteiger partial charge < -0.3 is 5.73 Å². The van der Waals surface area contributed by atoms with Gasteiger partial charge in [0.2, 0.25) is 5.00 Å². The molecule has 3 heterocycles. The van der Waals surface area contributed by atoms with Gasteiger partial charge in [-0.05, 0) is 54.4 Å². The van der Waals surface area contributed by atoms with Crippen molar-refractivity contribution in [1.82, 2.24) is 4.98 Å². The van der Waals surface area contributed by atoms with E-state index >= 15 is 0 Å². The average Bonchev–Trinajstić information content (AvgIpc) is 3.02. The number of thiophene rings is 1. The second-order valence-corrected chi connectivity index (χ2v) is 11.0. The van der Waals surface area contributed by atoms with Gasteiger partial charge in [-0.2, -0.15) is 11.3 Å². The minimum absolute atomic E-state index is 0.0544. The third-order valence-electron chi connectivity index (χ3n) is 4.74. The van der Waals surface area contributed by atoms with Crippen LogP contribution in [0.2, 0.25) is 0 Å². The Labute approximate surface area is 156 Å². The summed E-state index contributed by atoms with van der Waals surface area (Å²) < 4.78 is 26.9. The van der Waals surface area contributed by atoms with Gasteiger partial charge in [0.05, 0.1) is 17.0 Å². The molecule has 5 nitrogen and oxygen atoms in total. The molecule has 3 rings (SSSR count). The van der Waals surface area contributed by atoms with Crippen LogP contribution in [0.4, 0.5) is 9.39 Å². The van der Waals surface area contributed by atoms with Crippen LogP contribution in [0.5, 0.6) is 0 Å². The lowest BCUT2D eigenvalue weighted by atomic mass is 9.98. The Balaban J connectivity index is 2.16. The number of pyridine rings is 1. The fourth-order valence-electron chi connectivity index (χ4n) is 2.86. The van der Waals surface area contributed by atoms with Gasteiger partial charge in [-0.15, -0.1) is 0 Å². The largest absolute Gasteiger partial charge is 0.386 e. The molecule has 0 aliphatic carbocycles. The van der Waals surface area contributed by atoms with E-state index in [1.807, 2.05) is 0 Å². The maximum Gasteiger partial charge on any atom is 0.241 e. The topological polar surface area (TPSA) is 72.7 Å². The summed E-state index contributed by atoms with van der Waals surface area (Å²) in [4.78, 5) is 13.1. The number of rotatable bonds is 2. The first-order chi connectivity index (χ1) is 12.0. The molecule has 0 amide bonds. The van der Waals surface area contributed by atoms with Gasteiger partial charge in [0.15, 0.2) is 0 Å². The van der Waals surface area contributed by atoms with Crippen molar-refractivity contribution in [2.45, 2.75) is 31.1 Å². The molecule has 1 aliphatic rings. The maximum atomic E-state index is 14.6. The van der Waals surface area contributed by atoms with Crippen molar-refractivity contribution in [3.63, 3.8) is 0 Å². The molecule has 1 unspecified atom stereocenters. The molecular weight excluding hydrogens is 371 g/mol. The van der Waals surface area contributed by atoms with E-state index in [9.17, 15) is 8.60 Å². The van der Waals surface area contributed by atoms with E-state index in [0.29, 0.717) is 10.7 Å². The molecular formula is C18H19FN4OS2. The molecule has 0 fully saturated rings. The summed E-state index contributed by atoms with van der Waals surface area (Å²) in [5.41, 5.74) is 5.53. The molecule has 0 saturated carbocycles. The average molecular weight is 391 g/mol. The van der Waals surface area contributed by atoms with Gasteiger partial charge >= 0.3 is 0 Å². The van der Waals surface area contributed by atoms with E-state index in [2.05, 4.69) is 20.7 Å². The van der Waals surface area contributed by atoms with Crippen LogP contribution in [0.15, 0.2) is 29.3 Å². The fraction of sp³-hybridized carbons (Fsp3) is 0.333. The number of hydrogen-bond donors (Lipinski definition) is 1. The minimum Gasteiger partial charge on any atom is -0.386 e. The number of aromatic nitrogens is 1. The van der Waals surface area contributed by atoms with Crippen molar-refractivity contribution in [3.8, 4) is 10.6 Å². The summed E-state index contributed by atoms with van der Waals surface area (Å²) in [6, 6.07) is 6.34. The quantitative estimate of drug-likeness (QED) is 0.629. The normalized spacial score (nSPS) is 27.6. The minimum atomic E-state index is -2.66. The molecule has 0 bridgehead atoms. The molecule has 2 atom stereocenters. The monoisotopic (exact) mass is 390 g/mol. The van der Waals surface area contributed by atoms with Crippen LogP contribution >= 0.6 is 11.3 Å².